The predicted octanol–water partition coefficient (Wildman–Crippen LogP) is 2.93. The first-order valence-electron chi connectivity index (χ1n) is 7.52. The lowest BCUT2D eigenvalue weighted by molar-refractivity contribution is 0.102. The van der Waals surface area contributed by atoms with Crippen LogP contribution in [0.15, 0.2) is 57.7 Å². The van der Waals surface area contributed by atoms with Gasteiger partial charge in [0, 0.05) is 5.39 Å². The molecule has 0 fully saturated rings. The van der Waals surface area contributed by atoms with Crippen LogP contribution in [0.5, 0.6) is 5.75 Å². The summed E-state index contributed by atoms with van der Waals surface area (Å²) in [7, 11) is 1.54. The summed E-state index contributed by atoms with van der Waals surface area (Å²) >= 11 is 0. The SMILES string of the molecule is COc1ccc2oc(=O)c(C(=O)Nc3nc4ccccc4[nH]3)cc2c1. The van der Waals surface area contributed by atoms with Crippen molar-refractivity contribution in [1.29, 1.82) is 0 Å². The molecule has 2 aromatic heterocycles. The molecule has 7 nitrogen and oxygen atoms in total. The molecule has 4 rings (SSSR count). The van der Waals surface area contributed by atoms with Crippen molar-refractivity contribution in [1.82, 2.24) is 9.97 Å². The van der Waals surface area contributed by atoms with Gasteiger partial charge in [0.05, 0.1) is 18.1 Å². The van der Waals surface area contributed by atoms with E-state index in [9.17, 15) is 9.59 Å². The Morgan fingerprint density at radius 1 is 1.20 bits per heavy atom. The van der Waals surface area contributed by atoms with E-state index in [1.54, 1.807) is 18.2 Å². The lowest BCUT2D eigenvalue weighted by Gasteiger charge is -2.04. The third-order valence-corrected chi connectivity index (χ3v) is 3.81. The molecule has 0 aliphatic heterocycles. The largest absolute Gasteiger partial charge is 0.497 e. The van der Waals surface area contributed by atoms with E-state index >= 15 is 0 Å². The van der Waals surface area contributed by atoms with Crippen LogP contribution in [0, 0.1) is 0 Å². The highest BCUT2D eigenvalue weighted by atomic mass is 16.5. The molecule has 0 saturated carbocycles. The van der Waals surface area contributed by atoms with Crippen molar-refractivity contribution >= 4 is 33.9 Å². The Morgan fingerprint density at radius 2 is 2.04 bits per heavy atom. The number of fused-ring (bicyclic) bond motifs is 2. The van der Waals surface area contributed by atoms with Crippen LogP contribution in [-0.2, 0) is 0 Å². The van der Waals surface area contributed by atoms with E-state index < -0.39 is 11.5 Å². The van der Waals surface area contributed by atoms with Crippen LogP contribution < -0.4 is 15.7 Å². The number of aromatic nitrogens is 2. The van der Waals surface area contributed by atoms with Crippen molar-refractivity contribution in [3.8, 4) is 5.75 Å². The van der Waals surface area contributed by atoms with Gasteiger partial charge in [-0.15, -0.1) is 0 Å². The number of aromatic amines is 1. The van der Waals surface area contributed by atoms with Crippen molar-refractivity contribution < 1.29 is 13.9 Å². The number of hydrogen-bond donors (Lipinski definition) is 2. The molecule has 0 spiro atoms. The van der Waals surface area contributed by atoms with Gasteiger partial charge in [-0.1, -0.05) is 12.1 Å². The normalized spacial score (nSPS) is 10.9. The molecular formula is C18H13N3O4. The number of nitrogens with one attached hydrogen (secondary N) is 2. The maximum absolute atomic E-state index is 12.4. The summed E-state index contributed by atoms with van der Waals surface area (Å²) in [5.74, 6) is 0.263. The van der Waals surface area contributed by atoms with Crippen LogP contribution in [0.25, 0.3) is 22.0 Å². The van der Waals surface area contributed by atoms with Gasteiger partial charge in [0.15, 0.2) is 0 Å². The second-order valence-corrected chi connectivity index (χ2v) is 5.41. The van der Waals surface area contributed by atoms with Gasteiger partial charge in [-0.2, -0.15) is 0 Å². The minimum Gasteiger partial charge on any atom is -0.497 e. The number of hydrogen-bond acceptors (Lipinski definition) is 5. The standard InChI is InChI=1S/C18H13N3O4/c1-24-11-6-7-15-10(8-11)9-12(17(23)25-15)16(22)21-18-19-13-4-2-3-5-14(13)20-18/h2-9H,1H3,(H2,19,20,21,22). The summed E-state index contributed by atoms with van der Waals surface area (Å²) < 4.78 is 10.4. The fourth-order valence-electron chi connectivity index (χ4n) is 2.57. The van der Waals surface area contributed by atoms with Crippen LogP contribution in [0.2, 0.25) is 0 Å². The van der Waals surface area contributed by atoms with E-state index in [0.29, 0.717) is 22.2 Å². The Labute approximate surface area is 141 Å². The van der Waals surface area contributed by atoms with E-state index in [1.165, 1.54) is 13.2 Å². The first-order chi connectivity index (χ1) is 12.1. The molecule has 2 heterocycles. The maximum atomic E-state index is 12.4. The number of rotatable bonds is 3. The zero-order valence-electron chi connectivity index (χ0n) is 13.2. The smallest absolute Gasteiger partial charge is 0.349 e. The second kappa shape index (κ2) is 5.79. The molecule has 7 heteroatoms. The summed E-state index contributed by atoms with van der Waals surface area (Å²) in [4.78, 5) is 31.8. The fraction of sp³-hybridized carbons (Fsp3) is 0.0556. The van der Waals surface area contributed by atoms with Gasteiger partial charge in [0.2, 0.25) is 5.95 Å². The first-order valence-corrected chi connectivity index (χ1v) is 7.52. The molecule has 4 aromatic rings. The number of para-hydroxylation sites is 2. The summed E-state index contributed by atoms with van der Waals surface area (Å²) in [5, 5.41) is 3.18. The lowest BCUT2D eigenvalue weighted by Crippen LogP contribution is -2.21. The molecule has 1 amide bonds. The van der Waals surface area contributed by atoms with E-state index in [1.807, 2.05) is 24.3 Å². The van der Waals surface area contributed by atoms with Crippen molar-refractivity contribution in [2.75, 3.05) is 12.4 Å². The lowest BCUT2D eigenvalue weighted by atomic mass is 10.1. The highest BCUT2D eigenvalue weighted by Crippen LogP contribution is 2.21. The molecule has 124 valence electrons. The number of imidazole rings is 1. The summed E-state index contributed by atoms with van der Waals surface area (Å²) in [5.41, 5.74) is 1.06. The van der Waals surface area contributed by atoms with Crippen LogP contribution in [0.1, 0.15) is 10.4 Å². The highest BCUT2D eigenvalue weighted by molar-refractivity contribution is 6.05. The Balaban J connectivity index is 1.71. The van der Waals surface area contributed by atoms with Gasteiger partial charge in [0.1, 0.15) is 16.9 Å². The average molecular weight is 335 g/mol. The van der Waals surface area contributed by atoms with E-state index in [0.717, 1.165) is 5.52 Å². The fourth-order valence-corrected chi connectivity index (χ4v) is 2.57. The number of nitrogens with zero attached hydrogens (tertiary/aromatic N) is 1. The van der Waals surface area contributed by atoms with E-state index in [4.69, 9.17) is 9.15 Å². The summed E-state index contributed by atoms with van der Waals surface area (Å²) in [6.45, 7) is 0. The highest BCUT2D eigenvalue weighted by Gasteiger charge is 2.16. The number of amides is 1. The molecule has 0 aliphatic carbocycles. The van der Waals surface area contributed by atoms with Crippen LogP contribution in [-0.4, -0.2) is 23.0 Å². The van der Waals surface area contributed by atoms with Crippen LogP contribution >= 0.6 is 0 Å². The number of ether oxygens (including phenoxy) is 1. The van der Waals surface area contributed by atoms with Gasteiger partial charge >= 0.3 is 5.63 Å². The number of H-pyrrole nitrogens is 1. The van der Waals surface area contributed by atoms with Crippen molar-refractivity contribution in [3.05, 3.63) is 64.5 Å². The molecular weight excluding hydrogens is 322 g/mol. The Kier molecular flexibility index (Phi) is 3.46. The number of anilines is 1. The summed E-state index contributed by atoms with van der Waals surface area (Å²) in [6.07, 6.45) is 0. The maximum Gasteiger partial charge on any atom is 0.349 e. The Hall–Kier alpha value is -3.61. The van der Waals surface area contributed by atoms with Crippen molar-refractivity contribution in [2.45, 2.75) is 0 Å². The molecule has 0 unspecified atom stereocenters. The zero-order chi connectivity index (χ0) is 17.4. The Morgan fingerprint density at radius 3 is 2.84 bits per heavy atom. The molecule has 0 atom stereocenters. The molecule has 2 aromatic carbocycles. The molecule has 25 heavy (non-hydrogen) atoms. The van der Waals surface area contributed by atoms with Gasteiger partial charge in [0.25, 0.3) is 5.91 Å². The third-order valence-electron chi connectivity index (χ3n) is 3.81. The minimum absolute atomic E-state index is 0.110. The monoisotopic (exact) mass is 335 g/mol. The second-order valence-electron chi connectivity index (χ2n) is 5.41. The van der Waals surface area contributed by atoms with Gasteiger partial charge in [-0.05, 0) is 36.4 Å². The topological polar surface area (TPSA) is 97.2 Å². The number of benzene rings is 2. The van der Waals surface area contributed by atoms with E-state index in [-0.39, 0.29) is 11.5 Å². The molecule has 0 radical (unpaired) electrons. The Bertz CT molecular complexity index is 1130. The van der Waals surface area contributed by atoms with E-state index in [2.05, 4.69) is 15.3 Å². The zero-order valence-corrected chi connectivity index (χ0v) is 13.2. The molecule has 0 bridgehead atoms. The third kappa shape index (κ3) is 2.72. The predicted molar refractivity (Wildman–Crippen MR) is 93.1 cm³/mol. The van der Waals surface area contributed by atoms with Gasteiger partial charge in [-0.3, -0.25) is 10.1 Å². The van der Waals surface area contributed by atoms with Crippen LogP contribution in [0.4, 0.5) is 5.95 Å². The van der Waals surface area contributed by atoms with Crippen molar-refractivity contribution in [2.24, 2.45) is 0 Å². The molecule has 0 aliphatic rings. The quantitative estimate of drug-likeness (QED) is 0.561. The number of carbonyl (C=O) groups excluding carboxylic acids is 1. The van der Waals surface area contributed by atoms with Crippen LogP contribution in [0.3, 0.4) is 0 Å². The number of methoxy groups -OCH3 is 1. The number of carbonyl (C=O) groups is 1. The average Bonchev–Trinajstić information content (AvgIpc) is 3.02. The van der Waals surface area contributed by atoms with Crippen molar-refractivity contribution in [3.63, 3.8) is 0 Å². The van der Waals surface area contributed by atoms with Gasteiger partial charge in [-0.25, -0.2) is 9.78 Å². The molecule has 2 N–H and O–H groups in total. The van der Waals surface area contributed by atoms with Gasteiger partial charge < -0.3 is 14.1 Å². The minimum atomic E-state index is -0.716. The summed E-state index contributed by atoms with van der Waals surface area (Å²) in [6, 6.07) is 13.8. The first kappa shape index (κ1) is 14.9. The molecule has 0 saturated heterocycles.